The van der Waals surface area contributed by atoms with Gasteiger partial charge in [-0.25, -0.2) is 0 Å². The molecule has 0 unspecified atom stereocenters. The number of amides is 1. The zero-order valence-electron chi connectivity index (χ0n) is 16.5. The summed E-state index contributed by atoms with van der Waals surface area (Å²) in [7, 11) is 1.70. The predicted molar refractivity (Wildman–Crippen MR) is 116 cm³/mol. The fourth-order valence-corrected chi connectivity index (χ4v) is 3.51. The Labute approximate surface area is 171 Å². The van der Waals surface area contributed by atoms with Crippen LogP contribution in [-0.2, 0) is 11.2 Å². The molecule has 1 aromatic heterocycles. The second-order valence-electron chi connectivity index (χ2n) is 7.49. The van der Waals surface area contributed by atoms with Gasteiger partial charge in [0.25, 0.3) is 0 Å². The Morgan fingerprint density at radius 3 is 2.55 bits per heavy atom. The number of carbonyl (C=O) groups excluding carboxylic acids is 1. The van der Waals surface area contributed by atoms with Gasteiger partial charge in [-0.1, -0.05) is 42.5 Å². The van der Waals surface area contributed by atoms with E-state index in [1.165, 1.54) is 5.56 Å². The maximum atomic E-state index is 12.4. The maximum absolute atomic E-state index is 12.4. The first kappa shape index (κ1) is 18.9. The molecule has 1 aliphatic rings. The van der Waals surface area contributed by atoms with E-state index in [1.807, 2.05) is 60.8 Å². The van der Waals surface area contributed by atoms with Crippen LogP contribution in [0.5, 0.6) is 5.75 Å². The quantitative estimate of drug-likeness (QED) is 0.564. The Morgan fingerprint density at radius 2 is 1.86 bits per heavy atom. The number of nitrogens with one attached hydrogen (secondary N) is 1. The van der Waals surface area contributed by atoms with E-state index >= 15 is 0 Å². The van der Waals surface area contributed by atoms with Crippen LogP contribution in [0.3, 0.4) is 0 Å². The highest BCUT2D eigenvalue weighted by atomic mass is 16.5. The number of pyridine rings is 1. The monoisotopic (exact) mass is 384 g/mol. The van der Waals surface area contributed by atoms with Crippen molar-refractivity contribution in [1.29, 1.82) is 0 Å². The summed E-state index contributed by atoms with van der Waals surface area (Å²) in [5.74, 6) is 0.802. The zero-order valence-corrected chi connectivity index (χ0v) is 16.5. The lowest BCUT2D eigenvalue weighted by molar-refractivity contribution is -0.111. The standard InChI is InChI=1S/C25H24N2O2/c1-29-23-7-3-2-5-20(23)17-25(14-15-25)13-12-24(28)27-22-10-8-19(9-11-22)21-6-4-16-26-18-21/h2-13,16,18H,14-15,17H2,1H3,(H,27,28)/b13-12+. The molecule has 2 aromatic carbocycles. The third kappa shape index (κ3) is 4.72. The molecule has 29 heavy (non-hydrogen) atoms. The Morgan fingerprint density at radius 1 is 1.07 bits per heavy atom. The topological polar surface area (TPSA) is 51.2 Å². The number of methoxy groups -OCH3 is 1. The van der Waals surface area contributed by atoms with Crippen molar-refractivity contribution in [3.8, 4) is 16.9 Å². The predicted octanol–water partition coefficient (Wildman–Crippen LogP) is 5.27. The van der Waals surface area contributed by atoms with Gasteiger partial charge in [-0.05, 0) is 71.7 Å². The third-order valence-corrected chi connectivity index (χ3v) is 5.36. The first-order valence-corrected chi connectivity index (χ1v) is 9.80. The van der Waals surface area contributed by atoms with Crippen molar-refractivity contribution in [2.75, 3.05) is 12.4 Å². The molecule has 0 saturated heterocycles. The van der Waals surface area contributed by atoms with Crippen LogP contribution in [0.15, 0.2) is 85.2 Å². The lowest BCUT2D eigenvalue weighted by Crippen LogP contribution is -2.10. The molecule has 1 aliphatic carbocycles. The molecule has 4 rings (SSSR count). The first-order valence-electron chi connectivity index (χ1n) is 9.80. The number of para-hydroxylation sites is 1. The molecular formula is C25H24N2O2. The van der Waals surface area contributed by atoms with Gasteiger partial charge in [-0.15, -0.1) is 0 Å². The number of rotatable bonds is 7. The van der Waals surface area contributed by atoms with Crippen LogP contribution in [0, 0.1) is 5.41 Å². The first-order chi connectivity index (χ1) is 14.2. The van der Waals surface area contributed by atoms with E-state index in [4.69, 9.17) is 4.74 Å². The highest BCUT2D eigenvalue weighted by Gasteiger charge is 2.40. The summed E-state index contributed by atoms with van der Waals surface area (Å²) in [6.45, 7) is 0. The summed E-state index contributed by atoms with van der Waals surface area (Å²) in [5.41, 5.74) is 4.15. The number of hydrogen-bond donors (Lipinski definition) is 1. The van der Waals surface area contributed by atoms with Gasteiger partial charge in [0, 0.05) is 18.1 Å². The second-order valence-corrected chi connectivity index (χ2v) is 7.49. The molecule has 146 valence electrons. The Bertz CT molecular complexity index is 1010. The SMILES string of the molecule is COc1ccccc1CC1(/C=C/C(=O)Nc2ccc(-c3cccnc3)cc2)CC1. The van der Waals surface area contributed by atoms with Gasteiger partial charge >= 0.3 is 0 Å². The van der Waals surface area contributed by atoms with Gasteiger partial charge in [0.2, 0.25) is 5.91 Å². The third-order valence-electron chi connectivity index (χ3n) is 5.36. The zero-order chi connectivity index (χ0) is 20.1. The molecule has 3 aromatic rings. The molecule has 1 N–H and O–H groups in total. The number of hydrogen-bond acceptors (Lipinski definition) is 3. The van der Waals surface area contributed by atoms with Crippen molar-refractivity contribution in [2.24, 2.45) is 5.41 Å². The molecule has 4 heteroatoms. The summed E-state index contributed by atoms with van der Waals surface area (Å²) in [5, 5.41) is 2.94. The number of ether oxygens (including phenoxy) is 1. The van der Waals surface area contributed by atoms with E-state index in [0.29, 0.717) is 0 Å². The van der Waals surface area contributed by atoms with Gasteiger partial charge in [-0.2, -0.15) is 0 Å². The van der Waals surface area contributed by atoms with E-state index < -0.39 is 0 Å². The molecule has 1 heterocycles. The van der Waals surface area contributed by atoms with Crippen molar-refractivity contribution in [3.63, 3.8) is 0 Å². The highest BCUT2D eigenvalue weighted by Crippen LogP contribution is 2.50. The maximum Gasteiger partial charge on any atom is 0.248 e. The number of carbonyl (C=O) groups is 1. The molecular weight excluding hydrogens is 360 g/mol. The average Bonchev–Trinajstić information content (AvgIpc) is 3.53. The van der Waals surface area contributed by atoms with Crippen molar-refractivity contribution < 1.29 is 9.53 Å². The van der Waals surface area contributed by atoms with Crippen LogP contribution < -0.4 is 10.1 Å². The minimum atomic E-state index is -0.106. The minimum Gasteiger partial charge on any atom is -0.496 e. The Kier molecular flexibility index (Phi) is 5.43. The fraction of sp³-hybridized carbons (Fsp3) is 0.200. The van der Waals surface area contributed by atoms with Crippen molar-refractivity contribution in [2.45, 2.75) is 19.3 Å². The van der Waals surface area contributed by atoms with Gasteiger partial charge < -0.3 is 10.1 Å². The largest absolute Gasteiger partial charge is 0.496 e. The van der Waals surface area contributed by atoms with E-state index in [2.05, 4.69) is 22.4 Å². The lowest BCUT2D eigenvalue weighted by atomic mass is 9.95. The molecule has 1 amide bonds. The second kappa shape index (κ2) is 8.31. The molecule has 0 aliphatic heterocycles. The summed E-state index contributed by atoms with van der Waals surface area (Å²) in [6.07, 6.45) is 10.4. The van der Waals surface area contributed by atoms with Crippen LogP contribution >= 0.6 is 0 Å². The minimum absolute atomic E-state index is 0.0656. The van der Waals surface area contributed by atoms with Gasteiger partial charge in [0.15, 0.2) is 0 Å². The van der Waals surface area contributed by atoms with Crippen LogP contribution in [0.2, 0.25) is 0 Å². The molecule has 1 saturated carbocycles. The van der Waals surface area contributed by atoms with Crippen LogP contribution in [-0.4, -0.2) is 18.0 Å². The van der Waals surface area contributed by atoms with Gasteiger partial charge in [-0.3, -0.25) is 9.78 Å². The van der Waals surface area contributed by atoms with Crippen LogP contribution in [0.1, 0.15) is 18.4 Å². The summed E-state index contributed by atoms with van der Waals surface area (Å²) < 4.78 is 5.46. The number of anilines is 1. The summed E-state index contributed by atoms with van der Waals surface area (Å²) in [4.78, 5) is 16.5. The van der Waals surface area contributed by atoms with Crippen LogP contribution in [0.4, 0.5) is 5.69 Å². The smallest absolute Gasteiger partial charge is 0.248 e. The summed E-state index contributed by atoms with van der Waals surface area (Å²) >= 11 is 0. The molecule has 0 radical (unpaired) electrons. The average molecular weight is 384 g/mol. The van der Waals surface area contributed by atoms with Gasteiger partial charge in [0.05, 0.1) is 7.11 Å². The van der Waals surface area contributed by atoms with Crippen molar-refractivity contribution in [1.82, 2.24) is 4.98 Å². The van der Waals surface area contributed by atoms with E-state index in [1.54, 1.807) is 19.4 Å². The summed E-state index contributed by atoms with van der Waals surface area (Å²) in [6, 6.07) is 19.8. The fourth-order valence-electron chi connectivity index (χ4n) is 3.51. The molecule has 0 bridgehead atoms. The normalized spacial score (nSPS) is 14.5. The number of nitrogens with zero attached hydrogens (tertiary/aromatic N) is 1. The van der Waals surface area contributed by atoms with Gasteiger partial charge in [0.1, 0.15) is 5.75 Å². The van der Waals surface area contributed by atoms with E-state index in [-0.39, 0.29) is 11.3 Å². The molecule has 0 atom stereocenters. The number of benzene rings is 2. The lowest BCUT2D eigenvalue weighted by Gasteiger charge is -2.13. The molecule has 1 fully saturated rings. The Balaban J connectivity index is 1.37. The highest BCUT2D eigenvalue weighted by molar-refractivity contribution is 5.99. The number of allylic oxidation sites excluding steroid dienone is 1. The van der Waals surface area contributed by atoms with Crippen LogP contribution in [0.25, 0.3) is 11.1 Å². The number of aromatic nitrogens is 1. The van der Waals surface area contributed by atoms with E-state index in [0.717, 1.165) is 41.8 Å². The van der Waals surface area contributed by atoms with E-state index in [9.17, 15) is 4.79 Å². The Hall–Kier alpha value is -3.40. The molecule has 0 spiro atoms. The van der Waals surface area contributed by atoms with Crippen molar-refractivity contribution in [3.05, 3.63) is 90.8 Å². The van der Waals surface area contributed by atoms with Crippen molar-refractivity contribution >= 4 is 11.6 Å². The molecule has 4 nitrogen and oxygen atoms in total.